The molecular formula is C46H40N2O4S. The number of carbonyl (C=O) groups is 2. The Kier molecular flexibility index (Phi) is 10.6. The number of hydrogen-bond acceptors (Lipinski definition) is 6. The maximum absolute atomic E-state index is 14.7. The molecule has 1 N–H and O–H groups in total. The minimum atomic E-state index is -1.20. The van der Waals surface area contributed by atoms with Crippen molar-refractivity contribution in [2.45, 2.75) is 24.5 Å². The molecule has 1 heterocycles. The molecule has 2 atom stereocenters. The molecule has 2 amide bonds. The van der Waals surface area contributed by atoms with Gasteiger partial charge in [-0.3, -0.25) is 14.9 Å². The fourth-order valence-corrected chi connectivity index (χ4v) is 8.04. The fraction of sp³-hybridized carbons (Fsp3) is 0.130. The molecule has 0 aromatic heterocycles. The summed E-state index contributed by atoms with van der Waals surface area (Å²) in [5.41, 5.74) is 5.19. The van der Waals surface area contributed by atoms with Crippen molar-refractivity contribution in [1.82, 2.24) is 10.2 Å². The van der Waals surface area contributed by atoms with E-state index in [1.165, 1.54) is 4.90 Å². The molecule has 1 unspecified atom stereocenters. The average Bonchev–Trinajstić information content (AvgIpc) is 3.50. The minimum Gasteiger partial charge on any atom is -0.493 e. The zero-order valence-corrected chi connectivity index (χ0v) is 30.6. The van der Waals surface area contributed by atoms with Gasteiger partial charge in [0.2, 0.25) is 0 Å². The van der Waals surface area contributed by atoms with E-state index in [2.05, 4.69) is 36.5 Å². The number of carbonyl (C=O) groups excluding carboxylic acids is 2. The van der Waals surface area contributed by atoms with Crippen molar-refractivity contribution in [1.29, 1.82) is 0 Å². The zero-order chi connectivity index (χ0) is 36.8. The van der Waals surface area contributed by atoms with Crippen LogP contribution in [0.15, 0.2) is 169 Å². The number of nitrogens with zero attached hydrogens (tertiary/aromatic N) is 1. The summed E-state index contributed by atoms with van der Waals surface area (Å²) in [5.74, 6) is 0.926. The molecule has 0 saturated carbocycles. The molecule has 1 aliphatic rings. The highest BCUT2D eigenvalue weighted by molar-refractivity contribution is 8.18. The molecule has 1 saturated heterocycles. The summed E-state index contributed by atoms with van der Waals surface area (Å²) >= 11 is 0.968. The molecule has 7 rings (SSSR count). The van der Waals surface area contributed by atoms with Crippen molar-refractivity contribution < 1.29 is 19.1 Å². The van der Waals surface area contributed by atoms with Gasteiger partial charge >= 0.3 is 0 Å². The van der Waals surface area contributed by atoms with Crippen molar-refractivity contribution in [3.05, 3.63) is 208 Å². The normalized spacial score (nSPS) is 15.0. The first-order valence-corrected chi connectivity index (χ1v) is 18.3. The van der Waals surface area contributed by atoms with E-state index < -0.39 is 5.54 Å². The Morgan fingerprint density at radius 2 is 1.11 bits per heavy atom. The minimum absolute atomic E-state index is 0.0107. The Balaban J connectivity index is 1.30. The van der Waals surface area contributed by atoms with Gasteiger partial charge in [0.25, 0.3) is 11.1 Å². The molecule has 0 bridgehead atoms. The monoisotopic (exact) mass is 716 g/mol. The lowest BCUT2D eigenvalue weighted by molar-refractivity contribution is -0.125. The highest BCUT2D eigenvalue weighted by atomic mass is 32.2. The maximum Gasteiger partial charge on any atom is 0.294 e. The highest BCUT2D eigenvalue weighted by Crippen LogP contribution is 2.49. The molecule has 53 heavy (non-hydrogen) atoms. The molecule has 6 aromatic carbocycles. The fourth-order valence-electron chi connectivity index (χ4n) is 7.17. The summed E-state index contributed by atoms with van der Waals surface area (Å²) in [6.07, 6.45) is 1.83. The Morgan fingerprint density at radius 1 is 0.604 bits per heavy atom. The third-order valence-corrected chi connectivity index (χ3v) is 10.6. The molecule has 1 fully saturated rings. The van der Waals surface area contributed by atoms with Crippen LogP contribution < -0.4 is 14.8 Å². The van der Waals surface area contributed by atoms with E-state index in [4.69, 9.17) is 9.47 Å². The van der Waals surface area contributed by atoms with Gasteiger partial charge in [-0.1, -0.05) is 146 Å². The molecule has 0 aliphatic carbocycles. The molecule has 7 heteroatoms. The van der Waals surface area contributed by atoms with Crippen LogP contribution in [-0.4, -0.2) is 30.3 Å². The molecular weight excluding hydrogens is 677 g/mol. The van der Waals surface area contributed by atoms with Crippen LogP contribution in [0.1, 0.15) is 58.0 Å². The Morgan fingerprint density at radius 3 is 1.66 bits per heavy atom. The second kappa shape index (κ2) is 15.8. The molecule has 6 aromatic rings. The predicted molar refractivity (Wildman–Crippen MR) is 213 cm³/mol. The van der Waals surface area contributed by atoms with Crippen LogP contribution >= 0.6 is 11.8 Å². The van der Waals surface area contributed by atoms with Gasteiger partial charge < -0.3 is 9.47 Å². The number of amides is 2. The van der Waals surface area contributed by atoms with E-state index >= 15 is 0 Å². The third-order valence-electron chi connectivity index (χ3n) is 9.70. The standard InChI is InChI=1S/C46H40N2O4S/c1-32(34-18-8-4-9-19-34)47-43(36-27-28-40(51-2)41(31-36)52-3)35-20-16-17-33(29-35)30-42-44(49)48(45(50)53-42)46(37-21-10-5-11-22-37,38-23-12-6-13-24-38)39-25-14-7-15-26-39/h4-32,43,47H,1-3H3/t32-,43?/m1/s1. The summed E-state index contributed by atoms with van der Waals surface area (Å²) in [6, 6.07) is 53.4. The van der Waals surface area contributed by atoms with E-state index in [1.54, 1.807) is 14.2 Å². The van der Waals surface area contributed by atoms with E-state index in [1.807, 2.05) is 146 Å². The first kappa shape index (κ1) is 35.5. The van der Waals surface area contributed by atoms with E-state index in [0.29, 0.717) is 16.4 Å². The molecule has 1 aliphatic heterocycles. The molecule has 0 radical (unpaired) electrons. The van der Waals surface area contributed by atoms with Crippen LogP contribution in [0, 0.1) is 0 Å². The van der Waals surface area contributed by atoms with Gasteiger partial charge in [-0.2, -0.15) is 0 Å². The van der Waals surface area contributed by atoms with Gasteiger partial charge in [-0.05, 0) is 81.9 Å². The van der Waals surface area contributed by atoms with E-state index in [-0.39, 0.29) is 23.2 Å². The maximum atomic E-state index is 14.7. The smallest absolute Gasteiger partial charge is 0.294 e. The zero-order valence-electron chi connectivity index (χ0n) is 29.8. The van der Waals surface area contributed by atoms with Gasteiger partial charge in [-0.15, -0.1) is 0 Å². The number of nitrogens with one attached hydrogen (secondary N) is 1. The van der Waals surface area contributed by atoms with Crippen LogP contribution in [0.2, 0.25) is 0 Å². The van der Waals surface area contributed by atoms with Gasteiger partial charge in [0.15, 0.2) is 11.5 Å². The van der Waals surface area contributed by atoms with Gasteiger partial charge in [-0.25, -0.2) is 4.90 Å². The number of thioether (sulfide) groups is 1. The predicted octanol–water partition coefficient (Wildman–Crippen LogP) is 10.2. The van der Waals surface area contributed by atoms with Gasteiger partial charge in [0.05, 0.1) is 25.2 Å². The number of benzene rings is 6. The lowest BCUT2D eigenvalue weighted by atomic mass is 9.75. The van der Waals surface area contributed by atoms with Crippen LogP contribution in [0.3, 0.4) is 0 Å². The number of imide groups is 1. The Bertz CT molecular complexity index is 2130. The van der Waals surface area contributed by atoms with Crippen LogP contribution in [0.4, 0.5) is 4.79 Å². The lowest BCUT2D eigenvalue weighted by Gasteiger charge is -2.41. The third kappa shape index (κ3) is 7.01. The summed E-state index contributed by atoms with van der Waals surface area (Å²) in [7, 11) is 3.26. The molecule has 0 spiro atoms. The number of rotatable bonds is 12. The first-order chi connectivity index (χ1) is 25.9. The van der Waals surface area contributed by atoms with Crippen molar-refractivity contribution in [2.75, 3.05) is 14.2 Å². The SMILES string of the molecule is COc1ccc(C(N[C@H](C)c2ccccc2)c2cccc(C=C3SC(=O)N(C(c4ccccc4)(c4ccccc4)c4ccccc4)C3=O)c2)cc1OC. The summed E-state index contributed by atoms with van der Waals surface area (Å²) in [6.45, 7) is 2.14. The summed E-state index contributed by atoms with van der Waals surface area (Å²) in [4.78, 5) is 30.8. The molecule has 264 valence electrons. The van der Waals surface area contributed by atoms with Crippen molar-refractivity contribution in [3.63, 3.8) is 0 Å². The summed E-state index contributed by atoms with van der Waals surface area (Å²) in [5, 5.41) is 3.48. The highest BCUT2D eigenvalue weighted by Gasteiger charge is 2.52. The van der Waals surface area contributed by atoms with Gasteiger partial charge in [0, 0.05) is 6.04 Å². The topological polar surface area (TPSA) is 67.9 Å². The number of hydrogen-bond donors (Lipinski definition) is 1. The van der Waals surface area contributed by atoms with E-state index in [0.717, 1.165) is 50.7 Å². The van der Waals surface area contributed by atoms with Crippen molar-refractivity contribution in [3.8, 4) is 11.5 Å². The lowest BCUT2D eigenvalue weighted by Crippen LogP contribution is -2.50. The Labute approximate surface area is 315 Å². The largest absolute Gasteiger partial charge is 0.493 e. The van der Waals surface area contributed by atoms with Crippen LogP contribution in [-0.2, 0) is 10.3 Å². The van der Waals surface area contributed by atoms with E-state index in [9.17, 15) is 9.59 Å². The number of ether oxygens (including phenoxy) is 2. The quantitative estimate of drug-likeness (QED) is 0.100. The van der Waals surface area contributed by atoms with Crippen LogP contribution in [0.25, 0.3) is 6.08 Å². The second-order valence-corrected chi connectivity index (χ2v) is 13.8. The summed E-state index contributed by atoms with van der Waals surface area (Å²) < 4.78 is 11.2. The first-order valence-electron chi connectivity index (χ1n) is 17.5. The van der Waals surface area contributed by atoms with Crippen molar-refractivity contribution >= 4 is 29.0 Å². The Hall–Kier alpha value is -5.89. The molecule has 6 nitrogen and oxygen atoms in total. The second-order valence-electron chi connectivity index (χ2n) is 12.8. The average molecular weight is 717 g/mol. The van der Waals surface area contributed by atoms with Crippen molar-refractivity contribution in [2.24, 2.45) is 0 Å². The van der Waals surface area contributed by atoms with Gasteiger partial charge in [0.1, 0.15) is 5.54 Å². The number of methoxy groups -OCH3 is 2. The van der Waals surface area contributed by atoms with Crippen LogP contribution in [0.5, 0.6) is 11.5 Å².